The van der Waals surface area contributed by atoms with Gasteiger partial charge in [-0.05, 0) is 135 Å². The van der Waals surface area contributed by atoms with E-state index in [1.807, 2.05) is 67.5 Å². The van der Waals surface area contributed by atoms with Crippen molar-refractivity contribution in [3.8, 4) is 5.75 Å². The van der Waals surface area contributed by atoms with Gasteiger partial charge in [-0.15, -0.1) is 23.2 Å². The third kappa shape index (κ3) is 9.20. The Hall–Kier alpha value is -3.99. The Balaban J connectivity index is 0.923. The van der Waals surface area contributed by atoms with Crippen molar-refractivity contribution in [1.82, 2.24) is 0 Å². The molecule has 0 amide bonds. The van der Waals surface area contributed by atoms with E-state index in [-0.39, 0.29) is 29.4 Å². The molecule has 2 saturated carbocycles. The first-order chi connectivity index (χ1) is 28.3. The van der Waals surface area contributed by atoms with Gasteiger partial charge in [0.15, 0.2) is 6.61 Å². The molecule has 4 aromatic carbocycles. The molecule has 0 aromatic heterocycles. The van der Waals surface area contributed by atoms with Gasteiger partial charge < -0.3 is 23.5 Å². The molecule has 2 fully saturated rings. The topological polar surface area (TPSA) is 102 Å². The number of aryl methyl sites for hydroxylation is 3. The molecule has 0 radical (unpaired) electrons. The lowest BCUT2D eigenvalue weighted by atomic mass is 9.55. The summed E-state index contributed by atoms with van der Waals surface area (Å²) >= 11 is 11.9. The first-order valence-electron chi connectivity index (χ1n) is 20.9. The van der Waals surface area contributed by atoms with Crippen molar-refractivity contribution in [1.29, 1.82) is 0 Å². The zero-order valence-electron chi connectivity index (χ0n) is 34.6. The molecule has 59 heavy (non-hydrogen) atoms. The minimum absolute atomic E-state index is 0.151. The number of fused-ring (bicyclic) bond motifs is 6. The second kappa shape index (κ2) is 18.3. The van der Waals surface area contributed by atoms with Gasteiger partial charge in [-0.25, -0.2) is 4.79 Å². The molecule has 7 rings (SSSR count). The number of halogens is 2. The van der Waals surface area contributed by atoms with Crippen molar-refractivity contribution in [2.24, 2.45) is 17.3 Å². The van der Waals surface area contributed by atoms with E-state index >= 15 is 0 Å². The lowest BCUT2D eigenvalue weighted by Gasteiger charge is -2.50. The molecule has 0 N–H and O–H groups in total. The fourth-order valence-corrected chi connectivity index (χ4v) is 12.0. The molecular weight excluding hydrogens is 807 g/mol. The molecule has 0 aliphatic heterocycles. The third-order valence-electron chi connectivity index (χ3n) is 13.2. The highest BCUT2D eigenvalue weighted by Gasteiger charge is 2.56. The molecule has 0 saturated heterocycles. The van der Waals surface area contributed by atoms with E-state index in [1.54, 1.807) is 12.1 Å². The second-order valence-electron chi connectivity index (χ2n) is 16.9. The van der Waals surface area contributed by atoms with Gasteiger partial charge in [0.25, 0.3) is 0 Å². The molecular formula is C47H56Cl2N2O7S. The third-order valence-corrected chi connectivity index (χ3v) is 14.9. The predicted octanol–water partition coefficient (Wildman–Crippen LogP) is 9.60. The van der Waals surface area contributed by atoms with Crippen LogP contribution in [0.25, 0.3) is 10.8 Å². The smallest absolute Gasteiger partial charge is 0.344 e. The van der Waals surface area contributed by atoms with Gasteiger partial charge >= 0.3 is 22.1 Å². The van der Waals surface area contributed by atoms with Crippen molar-refractivity contribution < 1.29 is 31.7 Å². The number of rotatable bonds is 16. The second-order valence-corrected chi connectivity index (χ2v) is 19.2. The van der Waals surface area contributed by atoms with Gasteiger partial charge in [0, 0.05) is 72.9 Å². The number of alkyl halides is 2. The van der Waals surface area contributed by atoms with Gasteiger partial charge in [-0.1, -0.05) is 43.3 Å². The zero-order chi connectivity index (χ0) is 41.9. The van der Waals surface area contributed by atoms with E-state index < -0.39 is 22.1 Å². The van der Waals surface area contributed by atoms with Crippen molar-refractivity contribution in [2.45, 2.75) is 88.6 Å². The maximum atomic E-state index is 13.8. The Labute approximate surface area is 359 Å². The molecule has 3 aliphatic carbocycles. The van der Waals surface area contributed by atoms with E-state index in [0.717, 1.165) is 91.5 Å². The molecule has 12 heteroatoms. The van der Waals surface area contributed by atoms with Crippen LogP contribution in [0.2, 0.25) is 0 Å². The number of hydrogen-bond acceptors (Lipinski definition) is 9. The summed E-state index contributed by atoms with van der Waals surface area (Å²) in [6.07, 6.45) is 6.78. The number of hydrogen-bond donors (Lipinski definition) is 0. The average molecular weight is 864 g/mol. The first-order valence-corrected chi connectivity index (χ1v) is 23.4. The minimum Gasteiger partial charge on any atom is -0.459 e. The van der Waals surface area contributed by atoms with Crippen molar-refractivity contribution >= 4 is 67.4 Å². The van der Waals surface area contributed by atoms with Crippen LogP contribution in [-0.2, 0) is 42.0 Å². The summed E-state index contributed by atoms with van der Waals surface area (Å²) in [6, 6.07) is 23.0. The van der Waals surface area contributed by atoms with Crippen molar-refractivity contribution in [3.63, 3.8) is 0 Å². The quantitative estimate of drug-likeness (QED) is 0.0619. The standard InChI is InChI=1S/C47H56Cl2N2O7S/c1-31-28-35(58-59(54,55)42-12-7-9-37-38(42)10-6-11-41(37)50(3)4)29-33-16-19-36-39(46(31)33)22-23-47(2)40(36)20-21-43(47)57-45(53)30-56-44(52)13-5-8-32-14-17-34(18-15-32)51(26-24-48)27-25-49/h6-7,9-12,14-15,17-18,28-29,36,39-40,43H,5,8,13,16,19-27,30H2,1-4H3/t36-,39+,40+,43+,47+/m1/s1. The monoisotopic (exact) mass is 862 g/mol. The number of anilines is 2. The van der Waals surface area contributed by atoms with Gasteiger partial charge in [0.2, 0.25) is 0 Å². The molecule has 5 atom stereocenters. The van der Waals surface area contributed by atoms with Crippen LogP contribution in [0.3, 0.4) is 0 Å². The molecule has 0 heterocycles. The Morgan fingerprint density at radius 2 is 1.61 bits per heavy atom. The maximum Gasteiger partial charge on any atom is 0.344 e. The van der Waals surface area contributed by atoms with Crippen LogP contribution in [0.1, 0.15) is 80.0 Å². The fraction of sp³-hybridized carbons (Fsp3) is 0.489. The van der Waals surface area contributed by atoms with Crippen LogP contribution in [0.4, 0.5) is 11.4 Å². The van der Waals surface area contributed by atoms with Crippen LogP contribution >= 0.6 is 23.2 Å². The first kappa shape index (κ1) is 43.1. The molecule has 0 bridgehead atoms. The van der Waals surface area contributed by atoms with E-state index in [2.05, 4.69) is 30.9 Å². The number of ether oxygens (including phenoxy) is 2. The largest absolute Gasteiger partial charge is 0.459 e. The summed E-state index contributed by atoms with van der Waals surface area (Å²) in [5, 5.41) is 1.48. The Morgan fingerprint density at radius 3 is 2.34 bits per heavy atom. The molecule has 316 valence electrons. The molecule has 4 aromatic rings. The van der Waals surface area contributed by atoms with E-state index in [0.29, 0.717) is 47.1 Å². The zero-order valence-corrected chi connectivity index (χ0v) is 36.9. The highest BCUT2D eigenvalue weighted by molar-refractivity contribution is 7.87. The Bertz CT molecular complexity index is 2260. The summed E-state index contributed by atoms with van der Waals surface area (Å²) in [6.45, 7) is 5.40. The van der Waals surface area contributed by atoms with E-state index in [9.17, 15) is 18.0 Å². The van der Waals surface area contributed by atoms with Gasteiger partial charge in [-0.2, -0.15) is 8.42 Å². The van der Waals surface area contributed by atoms with Gasteiger partial charge in [0.1, 0.15) is 16.7 Å². The lowest BCUT2D eigenvalue weighted by molar-refractivity contribution is -0.168. The van der Waals surface area contributed by atoms with E-state index in [4.69, 9.17) is 36.9 Å². The molecule has 9 nitrogen and oxygen atoms in total. The number of carbonyl (C=O) groups excluding carboxylic acids is 2. The van der Waals surface area contributed by atoms with Crippen molar-refractivity contribution in [3.05, 3.63) is 95.1 Å². The number of nitrogens with zero attached hydrogens (tertiary/aromatic N) is 2. The van der Waals surface area contributed by atoms with Gasteiger partial charge in [0.05, 0.1) is 0 Å². The summed E-state index contributed by atoms with van der Waals surface area (Å²) < 4.78 is 44.9. The molecule has 0 spiro atoms. The summed E-state index contributed by atoms with van der Waals surface area (Å²) in [7, 11) is -0.231. The van der Waals surface area contributed by atoms with Gasteiger partial charge in [-0.3, -0.25) is 4.79 Å². The molecule has 3 aliphatic rings. The van der Waals surface area contributed by atoms with Crippen molar-refractivity contribution in [2.75, 3.05) is 55.4 Å². The SMILES string of the molecule is Cc1cc(OS(=O)(=O)c2cccc3c(N(C)C)cccc23)cc2c1[C@H]1CC[C@]3(C)[C@@H](OC(=O)COC(=O)CCCc4ccc(N(CCCl)CCCl)cc4)CC[C@H]3[C@@H]1CC2. The summed E-state index contributed by atoms with van der Waals surface area (Å²) in [5.74, 6) is 1.67. The Morgan fingerprint density at radius 1 is 0.881 bits per heavy atom. The van der Waals surface area contributed by atoms with Crippen LogP contribution in [0.15, 0.2) is 77.7 Å². The normalized spacial score (nSPS) is 22.2. The number of carbonyl (C=O) groups is 2. The van der Waals surface area contributed by atoms with E-state index in [1.165, 1.54) is 5.56 Å². The number of benzene rings is 4. The maximum absolute atomic E-state index is 13.8. The van der Waals surface area contributed by atoms with Crippen LogP contribution in [0.5, 0.6) is 5.75 Å². The van der Waals surface area contributed by atoms with Crippen LogP contribution < -0.4 is 14.0 Å². The summed E-state index contributed by atoms with van der Waals surface area (Å²) in [5.41, 5.74) is 6.48. The van der Waals surface area contributed by atoms with Crippen LogP contribution in [-0.4, -0.2) is 72.0 Å². The fourth-order valence-electron chi connectivity index (χ4n) is 10.5. The Kier molecular flexibility index (Phi) is 13.4. The number of esters is 2. The molecule has 0 unspecified atom stereocenters. The minimum atomic E-state index is -4.11. The average Bonchev–Trinajstić information content (AvgIpc) is 3.54. The summed E-state index contributed by atoms with van der Waals surface area (Å²) in [4.78, 5) is 29.9. The van der Waals surface area contributed by atoms with Crippen LogP contribution in [0, 0.1) is 24.2 Å². The highest BCUT2D eigenvalue weighted by atomic mass is 35.5. The predicted molar refractivity (Wildman–Crippen MR) is 236 cm³/mol. The lowest BCUT2D eigenvalue weighted by Crippen LogP contribution is -2.45. The highest BCUT2D eigenvalue weighted by Crippen LogP contribution is 2.62.